The Morgan fingerprint density at radius 1 is 0.386 bits per heavy atom. The Labute approximate surface area is 410 Å². The molecule has 0 bridgehead atoms. The van der Waals surface area contributed by atoms with Gasteiger partial charge in [0.2, 0.25) is 0 Å². The normalized spacial score (nSPS) is 12.9. The van der Waals surface area contributed by atoms with Crippen LogP contribution in [0.2, 0.25) is 0 Å². The second-order valence-corrected chi connectivity index (χ2v) is 25.6. The van der Waals surface area contributed by atoms with E-state index in [0.29, 0.717) is 0 Å². The number of aromatic nitrogens is 3. The van der Waals surface area contributed by atoms with Crippen LogP contribution in [0.25, 0.3) is 38.9 Å². The summed E-state index contributed by atoms with van der Waals surface area (Å²) in [5.41, 5.74) is 8.69. The molecule has 3 aromatic heterocycles. The first-order chi connectivity index (χ1) is 34.8. The van der Waals surface area contributed by atoms with E-state index >= 15 is 0 Å². The standard InChI is InChI=1S/C64H46N4Si2/c1-6-24-48(25-7-1)67-58-39-16-17-40-60(58)70(52-31-12-4-13-32-52,53-33-14-5-15-34-53)61-42-41-59-62(63(61)67)56-37-22-44-66-64(56)68(59)49-26-21-36-55(46-49)69(50-27-8-2-9-28-50,51-29-10-3-11-30-51)54-35-20-23-47(45-54)57-38-18-19-43-65-57/h1-46H. The fraction of sp³-hybridized carbons (Fsp3) is 0. The van der Waals surface area contributed by atoms with Crippen molar-refractivity contribution < 1.29 is 0 Å². The van der Waals surface area contributed by atoms with Crippen LogP contribution in [0.15, 0.2) is 279 Å². The summed E-state index contributed by atoms with van der Waals surface area (Å²) in [4.78, 5) is 12.7. The molecule has 0 saturated carbocycles. The van der Waals surface area contributed by atoms with Crippen LogP contribution in [0.1, 0.15) is 0 Å². The van der Waals surface area contributed by atoms with E-state index in [4.69, 9.17) is 9.97 Å². The summed E-state index contributed by atoms with van der Waals surface area (Å²) in [6, 6.07) is 98.9. The predicted molar refractivity (Wildman–Crippen MR) is 297 cm³/mol. The van der Waals surface area contributed by atoms with Gasteiger partial charge in [0.25, 0.3) is 0 Å². The lowest BCUT2D eigenvalue weighted by atomic mass is 10.1. The summed E-state index contributed by atoms with van der Waals surface area (Å²) < 4.78 is 2.42. The maximum atomic E-state index is 5.31. The monoisotopic (exact) mass is 926 g/mol. The molecule has 0 fully saturated rings. The second-order valence-electron chi connectivity index (χ2n) is 18.1. The lowest BCUT2D eigenvalue weighted by Gasteiger charge is -2.45. The molecule has 1 aliphatic heterocycles. The predicted octanol–water partition coefficient (Wildman–Crippen LogP) is 9.78. The molecular formula is C64H46N4Si2. The maximum absolute atomic E-state index is 5.31. The number of nitrogens with zero attached hydrogens (tertiary/aromatic N) is 4. The minimum absolute atomic E-state index is 0.922. The first-order valence-corrected chi connectivity index (χ1v) is 28.0. The van der Waals surface area contributed by atoms with Crippen LogP contribution in [-0.4, -0.2) is 30.7 Å². The van der Waals surface area contributed by atoms with E-state index in [2.05, 4.69) is 270 Å². The lowest BCUT2D eigenvalue weighted by molar-refractivity contribution is 1.14. The van der Waals surface area contributed by atoms with Crippen molar-refractivity contribution in [2.24, 2.45) is 0 Å². The third-order valence-corrected chi connectivity index (χ3v) is 24.1. The van der Waals surface area contributed by atoms with Gasteiger partial charge in [-0.05, 0) is 102 Å². The SMILES string of the molecule is c1ccc(N2c3ccccc3[Si](c3ccccc3)(c3ccccc3)c3ccc4c(c32)c2cccnc2n4-c2cccc([Si](c3ccccc3)(c3ccccc3)c3cccc(-c4ccccn4)c3)c2)cc1. The number of hydrogen-bond acceptors (Lipinski definition) is 3. The second kappa shape index (κ2) is 17.1. The Balaban J connectivity index is 1.13. The number of hydrogen-bond donors (Lipinski definition) is 0. The molecule has 0 N–H and O–H groups in total. The minimum atomic E-state index is -3.02. The quantitative estimate of drug-likeness (QED) is 0.107. The molecule has 4 heterocycles. The van der Waals surface area contributed by atoms with Crippen molar-refractivity contribution in [3.05, 3.63) is 279 Å². The molecule has 70 heavy (non-hydrogen) atoms. The highest BCUT2D eigenvalue weighted by molar-refractivity contribution is 7.21. The van der Waals surface area contributed by atoms with Gasteiger partial charge in [-0.1, -0.05) is 206 Å². The fourth-order valence-electron chi connectivity index (χ4n) is 11.7. The fourth-order valence-corrected chi connectivity index (χ4v) is 21.6. The van der Waals surface area contributed by atoms with Crippen molar-refractivity contribution in [1.29, 1.82) is 0 Å². The Morgan fingerprint density at radius 3 is 1.61 bits per heavy atom. The number of fused-ring (bicyclic) bond motifs is 6. The topological polar surface area (TPSA) is 34.0 Å². The molecule has 1 aliphatic rings. The minimum Gasteiger partial charge on any atom is -0.310 e. The highest BCUT2D eigenvalue weighted by atomic mass is 28.3. The van der Waals surface area contributed by atoms with E-state index in [1.807, 2.05) is 18.5 Å². The summed E-state index contributed by atoms with van der Waals surface area (Å²) in [6.07, 6.45) is 3.83. The molecule has 0 unspecified atom stereocenters. The zero-order valence-corrected chi connectivity index (χ0v) is 40.3. The molecule has 0 atom stereocenters. The molecule has 13 rings (SSSR count). The van der Waals surface area contributed by atoms with Gasteiger partial charge in [-0.15, -0.1) is 0 Å². The summed E-state index contributed by atoms with van der Waals surface area (Å²) in [5.74, 6) is 0. The number of rotatable bonds is 9. The average molecular weight is 927 g/mol. The Kier molecular flexibility index (Phi) is 10.2. The van der Waals surface area contributed by atoms with Crippen molar-refractivity contribution in [3.8, 4) is 16.9 Å². The van der Waals surface area contributed by atoms with Crippen LogP contribution < -0.4 is 46.4 Å². The molecule has 12 aromatic rings. The van der Waals surface area contributed by atoms with E-state index in [9.17, 15) is 0 Å². The molecule has 9 aromatic carbocycles. The number of benzene rings is 9. The van der Waals surface area contributed by atoms with E-state index in [1.54, 1.807) is 0 Å². The molecule has 6 heteroatoms. The molecule has 4 nitrogen and oxygen atoms in total. The van der Waals surface area contributed by atoms with Gasteiger partial charge in [0, 0.05) is 45.8 Å². The highest BCUT2D eigenvalue weighted by Crippen LogP contribution is 2.45. The summed E-state index contributed by atoms with van der Waals surface area (Å²) in [6.45, 7) is 0. The number of pyridine rings is 2. The van der Waals surface area contributed by atoms with Crippen LogP contribution in [-0.2, 0) is 0 Å². The first kappa shape index (κ1) is 41.5. The highest BCUT2D eigenvalue weighted by Gasteiger charge is 2.50. The van der Waals surface area contributed by atoms with E-state index in [1.165, 1.54) is 58.3 Å². The Bertz CT molecular complexity index is 3750. The maximum Gasteiger partial charge on any atom is 0.184 e. The van der Waals surface area contributed by atoms with E-state index in [-0.39, 0.29) is 0 Å². The van der Waals surface area contributed by atoms with Gasteiger partial charge in [-0.25, -0.2) is 4.98 Å². The summed E-state index contributed by atoms with van der Waals surface area (Å²) in [7, 11) is -5.99. The molecule has 0 aliphatic carbocycles. The van der Waals surface area contributed by atoms with Gasteiger partial charge >= 0.3 is 0 Å². The van der Waals surface area contributed by atoms with Crippen LogP contribution in [0.4, 0.5) is 17.1 Å². The molecular weight excluding hydrogens is 881 g/mol. The van der Waals surface area contributed by atoms with Gasteiger partial charge in [0.05, 0.1) is 16.9 Å². The van der Waals surface area contributed by atoms with Crippen molar-refractivity contribution in [1.82, 2.24) is 14.5 Å². The van der Waals surface area contributed by atoms with Crippen molar-refractivity contribution in [2.45, 2.75) is 0 Å². The number of para-hydroxylation sites is 2. The first-order valence-electron chi connectivity index (χ1n) is 24.0. The summed E-state index contributed by atoms with van der Waals surface area (Å²) in [5, 5.41) is 12.9. The smallest absolute Gasteiger partial charge is 0.184 e. The average Bonchev–Trinajstić information content (AvgIpc) is 3.79. The third kappa shape index (κ3) is 6.34. The molecule has 330 valence electrons. The lowest BCUT2D eigenvalue weighted by Crippen LogP contribution is -2.77. The van der Waals surface area contributed by atoms with Crippen LogP contribution >= 0.6 is 0 Å². The van der Waals surface area contributed by atoms with Gasteiger partial charge < -0.3 is 4.90 Å². The van der Waals surface area contributed by atoms with Crippen molar-refractivity contribution in [3.63, 3.8) is 0 Å². The van der Waals surface area contributed by atoms with Crippen LogP contribution in [0.5, 0.6) is 0 Å². The van der Waals surface area contributed by atoms with Crippen molar-refractivity contribution in [2.75, 3.05) is 4.90 Å². The van der Waals surface area contributed by atoms with Crippen LogP contribution in [0, 0.1) is 0 Å². The Hall–Kier alpha value is -8.69. The van der Waals surface area contributed by atoms with E-state index < -0.39 is 16.1 Å². The number of anilines is 3. The van der Waals surface area contributed by atoms with E-state index in [0.717, 1.165) is 39.2 Å². The molecule has 0 spiro atoms. The zero-order valence-electron chi connectivity index (χ0n) is 38.3. The molecule has 0 saturated heterocycles. The molecule has 0 amide bonds. The van der Waals surface area contributed by atoms with Gasteiger partial charge in [-0.3, -0.25) is 9.55 Å². The third-order valence-electron chi connectivity index (χ3n) is 14.5. The Morgan fingerprint density at radius 2 is 0.943 bits per heavy atom. The summed E-state index contributed by atoms with van der Waals surface area (Å²) >= 11 is 0. The van der Waals surface area contributed by atoms with Crippen molar-refractivity contribution >= 4 is 96.6 Å². The van der Waals surface area contributed by atoms with Gasteiger partial charge in [-0.2, -0.15) is 0 Å². The molecule has 0 radical (unpaired) electrons. The van der Waals surface area contributed by atoms with Gasteiger partial charge in [0.1, 0.15) is 5.65 Å². The van der Waals surface area contributed by atoms with Gasteiger partial charge in [0.15, 0.2) is 16.1 Å². The zero-order chi connectivity index (χ0) is 46.5. The largest absolute Gasteiger partial charge is 0.310 e. The van der Waals surface area contributed by atoms with Crippen LogP contribution in [0.3, 0.4) is 0 Å².